The normalized spacial score (nSPS) is 11.4. The van der Waals surface area contributed by atoms with Crippen LogP contribution in [0.5, 0.6) is 17.2 Å². The van der Waals surface area contributed by atoms with Crippen LogP contribution in [0.1, 0.15) is 39.2 Å². The molecule has 0 fully saturated rings. The van der Waals surface area contributed by atoms with Crippen molar-refractivity contribution >= 4 is 40.3 Å². The number of hydrogen-bond acceptors (Lipinski definition) is 7. The summed E-state index contributed by atoms with van der Waals surface area (Å²) in [6.07, 6.45) is 1.38. The van der Waals surface area contributed by atoms with Crippen LogP contribution in [-0.2, 0) is 4.79 Å². The van der Waals surface area contributed by atoms with Crippen LogP contribution < -0.4 is 20.5 Å². The molecule has 0 unspecified atom stereocenters. The third-order valence-corrected chi connectivity index (χ3v) is 4.53. The fourth-order valence-electron chi connectivity index (χ4n) is 2.14. The maximum atomic E-state index is 11.8. The smallest absolute Gasteiger partial charge is 0.258 e. The Kier molecular flexibility index (Phi) is 6.47. The molecule has 0 atom stereocenters. The van der Waals surface area contributed by atoms with Crippen molar-refractivity contribution in [3.05, 3.63) is 27.5 Å². The Morgan fingerprint density at radius 1 is 1.30 bits per heavy atom. The number of hydrogen-bond donors (Lipinski definition) is 3. The zero-order valence-electron chi connectivity index (χ0n) is 15.8. The molecule has 8 nitrogen and oxygen atoms in total. The summed E-state index contributed by atoms with van der Waals surface area (Å²) < 4.78 is 12.2. The molecule has 146 valence electrons. The van der Waals surface area contributed by atoms with Gasteiger partial charge in [-0.25, -0.2) is 4.98 Å². The van der Waals surface area contributed by atoms with E-state index in [0.717, 1.165) is 14.9 Å². The van der Waals surface area contributed by atoms with Crippen molar-refractivity contribution in [1.82, 2.24) is 9.97 Å². The Bertz CT molecular complexity index is 850. The van der Waals surface area contributed by atoms with Crippen LogP contribution in [0.2, 0.25) is 0 Å². The second-order valence-electron chi connectivity index (χ2n) is 6.74. The van der Waals surface area contributed by atoms with Gasteiger partial charge < -0.3 is 20.3 Å². The minimum Gasteiger partial charge on any atom is -0.496 e. The first-order chi connectivity index (χ1) is 12.5. The first-order valence-electron chi connectivity index (χ1n) is 8.24. The molecule has 0 bridgehead atoms. The predicted octanol–water partition coefficient (Wildman–Crippen LogP) is 3.30. The lowest BCUT2D eigenvalue weighted by Gasteiger charge is -2.18. The van der Waals surface area contributed by atoms with Crippen molar-refractivity contribution in [2.24, 2.45) is 0 Å². The van der Waals surface area contributed by atoms with Crippen molar-refractivity contribution in [2.75, 3.05) is 18.2 Å². The molecule has 0 spiro atoms. The number of nitrogens with one attached hydrogen (secondary N) is 1. The maximum absolute atomic E-state index is 11.8. The van der Waals surface area contributed by atoms with Gasteiger partial charge in [0.2, 0.25) is 5.95 Å². The standard InChI is InChI=1S/C18H23IN4O4/c1-9(2)10-6-13(26-5)11(19)7-12(10)27-14-8-21-17(22-15(14)20)23-16(24)18(3,4)25/h6-9,25H,1-5H3,(H3,20,21,22,23,24). The summed E-state index contributed by atoms with van der Waals surface area (Å²) >= 11 is 2.16. The van der Waals surface area contributed by atoms with Gasteiger partial charge in [0.25, 0.3) is 5.91 Å². The summed E-state index contributed by atoms with van der Waals surface area (Å²) in [6, 6.07) is 3.79. The highest BCUT2D eigenvalue weighted by Gasteiger charge is 2.25. The summed E-state index contributed by atoms with van der Waals surface area (Å²) in [4.78, 5) is 19.9. The number of rotatable bonds is 6. The van der Waals surface area contributed by atoms with Gasteiger partial charge in [0, 0.05) is 5.56 Å². The number of halogens is 1. The number of aromatic nitrogens is 2. The fraction of sp³-hybridized carbons (Fsp3) is 0.389. The monoisotopic (exact) mass is 486 g/mol. The number of aliphatic hydroxyl groups is 1. The van der Waals surface area contributed by atoms with E-state index in [0.29, 0.717) is 5.75 Å². The predicted molar refractivity (Wildman–Crippen MR) is 111 cm³/mol. The number of nitrogens with two attached hydrogens (primary N) is 1. The molecule has 27 heavy (non-hydrogen) atoms. The summed E-state index contributed by atoms with van der Waals surface area (Å²) in [6.45, 7) is 6.82. The van der Waals surface area contributed by atoms with Gasteiger partial charge in [-0.1, -0.05) is 13.8 Å². The molecular weight excluding hydrogens is 463 g/mol. The number of ether oxygens (including phenoxy) is 2. The van der Waals surface area contributed by atoms with Gasteiger partial charge in [0.15, 0.2) is 11.6 Å². The SMILES string of the molecule is COc1cc(C(C)C)c(Oc2cnc(NC(=O)C(C)(C)O)nc2N)cc1I. The van der Waals surface area contributed by atoms with Crippen LogP contribution in [0.25, 0.3) is 0 Å². The van der Waals surface area contributed by atoms with Crippen LogP contribution in [0.4, 0.5) is 11.8 Å². The molecule has 1 aromatic heterocycles. The van der Waals surface area contributed by atoms with E-state index in [-0.39, 0.29) is 23.4 Å². The number of nitrogen functional groups attached to an aromatic ring is 1. The Morgan fingerprint density at radius 2 is 1.96 bits per heavy atom. The maximum Gasteiger partial charge on any atom is 0.258 e. The van der Waals surface area contributed by atoms with E-state index in [4.69, 9.17) is 15.2 Å². The third-order valence-electron chi connectivity index (χ3n) is 3.69. The molecule has 1 heterocycles. The van der Waals surface area contributed by atoms with Crippen LogP contribution in [-0.4, -0.2) is 33.7 Å². The van der Waals surface area contributed by atoms with Crippen molar-refractivity contribution in [2.45, 2.75) is 39.2 Å². The number of benzene rings is 1. The molecule has 1 aromatic carbocycles. The summed E-state index contributed by atoms with van der Waals surface area (Å²) in [5.74, 6) is 1.26. The summed E-state index contributed by atoms with van der Waals surface area (Å²) in [5, 5.41) is 12.1. The molecule has 2 aromatic rings. The highest BCUT2D eigenvalue weighted by atomic mass is 127. The average Bonchev–Trinajstić information content (AvgIpc) is 2.56. The number of anilines is 2. The molecule has 0 aliphatic rings. The van der Waals surface area contributed by atoms with Gasteiger partial charge in [0.1, 0.15) is 17.1 Å². The molecule has 0 saturated carbocycles. The number of methoxy groups -OCH3 is 1. The molecule has 9 heteroatoms. The zero-order valence-corrected chi connectivity index (χ0v) is 18.0. The largest absolute Gasteiger partial charge is 0.496 e. The van der Waals surface area contributed by atoms with E-state index in [1.165, 1.54) is 20.0 Å². The van der Waals surface area contributed by atoms with E-state index in [9.17, 15) is 9.90 Å². The van der Waals surface area contributed by atoms with Gasteiger partial charge >= 0.3 is 0 Å². The molecule has 1 amide bonds. The van der Waals surface area contributed by atoms with Crippen LogP contribution in [0, 0.1) is 3.57 Å². The second-order valence-corrected chi connectivity index (χ2v) is 7.90. The lowest BCUT2D eigenvalue weighted by molar-refractivity contribution is -0.130. The number of carbonyl (C=O) groups excluding carboxylic acids is 1. The lowest BCUT2D eigenvalue weighted by atomic mass is 10.0. The van der Waals surface area contributed by atoms with Crippen molar-refractivity contribution in [3.63, 3.8) is 0 Å². The van der Waals surface area contributed by atoms with E-state index in [1.807, 2.05) is 26.0 Å². The van der Waals surface area contributed by atoms with Crippen molar-refractivity contribution in [3.8, 4) is 17.2 Å². The van der Waals surface area contributed by atoms with Crippen LogP contribution >= 0.6 is 22.6 Å². The van der Waals surface area contributed by atoms with Crippen LogP contribution in [0.15, 0.2) is 18.3 Å². The molecule has 2 rings (SSSR count). The average molecular weight is 486 g/mol. The van der Waals surface area contributed by atoms with E-state index < -0.39 is 11.5 Å². The Balaban J connectivity index is 2.31. The molecule has 4 N–H and O–H groups in total. The van der Waals surface area contributed by atoms with E-state index in [1.54, 1.807) is 7.11 Å². The highest BCUT2D eigenvalue weighted by Crippen LogP contribution is 2.37. The first-order valence-corrected chi connectivity index (χ1v) is 9.32. The minimum absolute atomic E-state index is 0.0135. The summed E-state index contributed by atoms with van der Waals surface area (Å²) in [5.41, 5.74) is 5.35. The lowest BCUT2D eigenvalue weighted by Crippen LogP contribution is -2.37. The number of carbonyl (C=O) groups is 1. The number of nitrogens with zero attached hydrogens (tertiary/aromatic N) is 2. The Morgan fingerprint density at radius 3 is 2.48 bits per heavy atom. The Labute approximate surface area is 171 Å². The minimum atomic E-state index is -1.56. The molecular formula is C18H23IN4O4. The zero-order chi connectivity index (χ0) is 20.4. The van der Waals surface area contributed by atoms with E-state index >= 15 is 0 Å². The van der Waals surface area contributed by atoms with E-state index in [2.05, 4.69) is 37.9 Å². The second kappa shape index (κ2) is 8.26. The molecule has 0 saturated heterocycles. The van der Waals surface area contributed by atoms with Gasteiger partial charge in [-0.05, 0) is 54.5 Å². The highest BCUT2D eigenvalue weighted by molar-refractivity contribution is 14.1. The van der Waals surface area contributed by atoms with Gasteiger partial charge in [-0.15, -0.1) is 0 Å². The van der Waals surface area contributed by atoms with Gasteiger partial charge in [-0.3, -0.25) is 10.1 Å². The van der Waals surface area contributed by atoms with Crippen LogP contribution in [0.3, 0.4) is 0 Å². The fourth-order valence-corrected chi connectivity index (χ4v) is 2.80. The first kappa shape index (κ1) is 21.2. The molecule has 0 radical (unpaired) electrons. The molecule has 0 aliphatic carbocycles. The summed E-state index contributed by atoms with van der Waals surface area (Å²) in [7, 11) is 1.62. The molecule has 0 aliphatic heterocycles. The van der Waals surface area contributed by atoms with Crippen molar-refractivity contribution in [1.29, 1.82) is 0 Å². The van der Waals surface area contributed by atoms with Gasteiger partial charge in [-0.2, -0.15) is 4.98 Å². The third kappa shape index (κ3) is 5.19. The van der Waals surface area contributed by atoms with Gasteiger partial charge in [0.05, 0.1) is 16.9 Å². The van der Waals surface area contributed by atoms with Crippen molar-refractivity contribution < 1.29 is 19.4 Å². The topological polar surface area (TPSA) is 120 Å². The Hall–Kier alpha value is -2.14. The quantitative estimate of drug-likeness (QED) is 0.536. The number of amides is 1.